The van der Waals surface area contributed by atoms with E-state index in [-0.39, 0.29) is 18.4 Å². The number of methoxy groups -OCH3 is 1. The molecule has 23 heavy (non-hydrogen) atoms. The molecule has 1 N–H and O–H groups in total. The predicted octanol–water partition coefficient (Wildman–Crippen LogP) is 1.86. The van der Waals surface area contributed by atoms with Gasteiger partial charge in [0.1, 0.15) is 5.69 Å². The third kappa shape index (κ3) is 3.64. The van der Waals surface area contributed by atoms with Crippen LogP contribution in [-0.2, 0) is 16.0 Å². The van der Waals surface area contributed by atoms with Crippen LogP contribution in [0.15, 0.2) is 0 Å². The van der Waals surface area contributed by atoms with Crippen LogP contribution >= 0.6 is 0 Å². The Morgan fingerprint density at radius 2 is 2.13 bits per heavy atom. The number of hydrogen-bond acceptors (Lipinski definition) is 5. The summed E-state index contributed by atoms with van der Waals surface area (Å²) in [4.78, 5) is 24.6. The smallest absolute Gasteiger partial charge is 0.354 e. The molecular weight excluding hydrogens is 296 g/mol. The van der Waals surface area contributed by atoms with Crippen molar-refractivity contribution in [2.45, 2.75) is 46.3 Å². The van der Waals surface area contributed by atoms with Crippen molar-refractivity contribution in [3.63, 3.8) is 0 Å². The minimum Gasteiger partial charge on any atom is -0.464 e. The van der Waals surface area contributed by atoms with E-state index >= 15 is 0 Å². The second-order valence-electron chi connectivity index (χ2n) is 5.86. The zero-order valence-corrected chi connectivity index (χ0v) is 14.4. The highest BCUT2D eigenvalue weighted by molar-refractivity contribution is 6.03. The Morgan fingerprint density at radius 3 is 2.70 bits per heavy atom. The number of nitrogens with one attached hydrogen (secondary N) is 1. The molecule has 1 aliphatic rings. The highest BCUT2D eigenvalue weighted by atomic mass is 16.5. The van der Waals surface area contributed by atoms with Gasteiger partial charge in [-0.15, -0.1) is 0 Å². The number of rotatable bonds is 7. The van der Waals surface area contributed by atoms with Gasteiger partial charge in [-0.05, 0) is 39.2 Å². The Morgan fingerprint density at radius 1 is 1.39 bits per heavy atom. The molecule has 1 aromatic rings. The zero-order valence-electron chi connectivity index (χ0n) is 14.4. The van der Waals surface area contributed by atoms with E-state index in [1.54, 1.807) is 6.92 Å². The predicted molar refractivity (Wildman–Crippen MR) is 87.1 cm³/mol. The van der Waals surface area contributed by atoms with Crippen molar-refractivity contribution in [2.24, 2.45) is 0 Å². The lowest BCUT2D eigenvalue weighted by atomic mass is 10.1. The van der Waals surface area contributed by atoms with E-state index < -0.39 is 5.97 Å². The van der Waals surface area contributed by atoms with Crippen LogP contribution in [0.5, 0.6) is 0 Å². The summed E-state index contributed by atoms with van der Waals surface area (Å²) in [7, 11) is 1.36. The van der Waals surface area contributed by atoms with Crippen LogP contribution in [0.4, 0.5) is 0 Å². The summed E-state index contributed by atoms with van der Waals surface area (Å²) >= 11 is 0. The topological polar surface area (TPSA) is 69.6 Å². The molecule has 0 radical (unpaired) electrons. The Bertz CT molecular complexity index is 586. The number of ether oxygens (including phenoxy) is 2. The lowest BCUT2D eigenvalue weighted by Crippen LogP contribution is -2.31. The fourth-order valence-electron chi connectivity index (χ4n) is 3.30. The summed E-state index contributed by atoms with van der Waals surface area (Å²) in [6, 6.07) is 0. The van der Waals surface area contributed by atoms with Crippen LogP contribution in [0.2, 0.25) is 0 Å². The Kier molecular flexibility index (Phi) is 5.96. The molecule has 128 valence electrons. The normalized spacial score (nSPS) is 17.5. The van der Waals surface area contributed by atoms with E-state index in [2.05, 4.69) is 5.32 Å². The standard InChI is InChI=1S/C17H26N2O4/c1-5-19-12(3)15(11(2)16(19)17(21)22-4)14(20)10-18-9-13-7-6-8-23-13/h13,18H,5-10H2,1-4H3. The van der Waals surface area contributed by atoms with Crippen LogP contribution in [0.3, 0.4) is 0 Å². The molecule has 1 aliphatic heterocycles. The van der Waals surface area contributed by atoms with Crippen LogP contribution in [0.25, 0.3) is 0 Å². The van der Waals surface area contributed by atoms with Gasteiger partial charge >= 0.3 is 5.97 Å². The van der Waals surface area contributed by atoms with Crippen LogP contribution in [-0.4, -0.2) is 49.2 Å². The molecule has 0 saturated carbocycles. The average Bonchev–Trinajstić information content (AvgIpc) is 3.12. The SMILES string of the molecule is CCn1c(C)c(C(=O)CNCC2CCCO2)c(C)c1C(=O)OC. The number of carbonyl (C=O) groups is 2. The molecule has 0 aromatic carbocycles. The average molecular weight is 322 g/mol. The minimum absolute atomic E-state index is 0.00431. The summed E-state index contributed by atoms with van der Waals surface area (Å²) in [5.41, 5.74) is 2.59. The van der Waals surface area contributed by atoms with Gasteiger partial charge in [-0.3, -0.25) is 4.79 Å². The van der Waals surface area contributed by atoms with E-state index in [9.17, 15) is 9.59 Å². The molecule has 6 nitrogen and oxygen atoms in total. The maximum absolute atomic E-state index is 12.6. The zero-order chi connectivity index (χ0) is 17.0. The molecule has 0 spiro atoms. The molecule has 2 heterocycles. The first-order chi connectivity index (χ1) is 11.0. The highest BCUT2D eigenvalue weighted by Crippen LogP contribution is 2.23. The molecule has 0 aliphatic carbocycles. The number of ketones is 1. The lowest BCUT2D eigenvalue weighted by molar-refractivity contribution is 0.0587. The van der Waals surface area contributed by atoms with Gasteiger partial charge in [-0.25, -0.2) is 4.79 Å². The fourth-order valence-corrected chi connectivity index (χ4v) is 3.30. The molecular formula is C17H26N2O4. The van der Waals surface area contributed by atoms with Crippen molar-refractivity contribution >= 4 is 11.8 Å². The van der Waals surface area contributed by atoms with Crippen LogP contribution < -0.4 is 5.32 Å². The number of esters is 1. The quantitative estimate of drug-likeness (QED) is 0.613. The number of carbonyl (C=O) groups excluding carboxylic acids is 2. The van der Waals surface area contributed by atoms with Gasteiger partial charge in [0.2, 0.25) is 0 Å². The summed E-state index contributed by atoms with van der Waals surface area (Å²) in [5, 5.41) is 3.17. The van der Waals surface area contributed by atoms with E-state index in [0.29, 0.717) is 29.9 Å². The number of Topliss-reactive ketones (excluding diaryl/α,β-unsaturated/α-hetero) is 1. The van der Waals surface area contributed by atoms with Gasteiger partial charge in [0, 0.05) is 31.0 Å². The van der Waals surface area contributed by atoms with Crippen molar-refractivity contribution in [3.8, 4) is 0 Å². The van der Waals surface area contributed by atoms with Crippen molar-refractivity contribution in [2.75, 3.05) is 26.8 Å². The largest absolute Gasteiger partial charge is 0.464 e. The summed E-state index contributed by atoms with van der Waals surface area (Å²) in [5.74, 6) is -0.408. The Labute approximate surface area is 137 Å². The second kappa shape index (κ2) is 7.75. The first kappa shape index (κ1) is 17.7. The van der Waals surface area contributed by atoms with E-state index in [0.717, 1.165) is 25.1 Å². The fraction of sp³-hybridized carbons (Fsp3) is 0.647. The van der Waals surface area contributed by atoms with Crippen molar-refractivity contribution in [1.29, 1.82) is 0 Å². The summed E-state index contributed by atoms with van der Waals surface area (Å²) < 4.78 is 12.2. The minimum atomic E-state index is -0.404. The summed E-state index contributed by atoms with van der Waals surface area (Å²) in [6.45, 7) is 7.98. The highest BCUT2D eigenvalue weighted by Gasteiger charge is 2.26. The van der Waals surface area contributed by atoms with Gasteiger partial charge in [0.25, 0.3) is 0 Å². The van der Waals surface area contributed by atoms with Crippen LogP contribution in [0.1, 0.15) is 51.9 Å². The molecule has 6 heteroatoms. The molecule has 1 aromatic heterocycles. The Hall–Kier alpha value is -1.66. The molecule has 1 atom stereocenters. The molecule has 0 bridgehead atoms. The van der Waals surface area contributed by atoms with Gasteiger partial charge in [-0.2, -0.15) is 0 Å². The van der Waals surface area contributed by atoms with E-state index in [1.807, 2.05) is 18.4 Å². The molecule has 1 saturated heterocycles. The third-order valence-corrected chi connectivity index (χ3v) is 4.42. The second-order valence-corrected chi connectivity index (χ2v) is 5.86. The number of aromatic nitrogens is 1. The first-order valence-corrected chi connectivity index (χ1v) is 8.14. The van der Waals surface area contributed by atoms with Gasteiger partial charge < -0.3 is 19.4 Å². The first-order valence-electron chi connectivity index (χ1n) is 8.14. The molecule has 1 fully saturated rings. The van der Waals surface area contributed by atoms with E-state index in [4.69, 9.17) is 9.47 Å². The number of hydrogen-bond donors (Lipinski definition) is 1. The molecule has 1 unspecified atom stereocenters. The van der Waals surface area contributed by atoms with Gasteiger partial charge in [0.05, 0.1) is 19.8 Å². The Balaban J connectivity index is 2.12. The van der Waals surface area contributed by atoms with Crippen molar-refractivity contribution in [1.82, 2.24) is 9.88 Å². The summed E-state index contributed by atoms with van der Waals surface area (Å²) in [6.07, 6.45) is 2.33. The van der Waals surface area contributed by atoms with Gasteiger partial charge in [0.15, 0.2) is 5.78 Å². The lowest BCUT2D eigenvalue weighted by Gasteiger charge is -2.10. The maximum atomic E-state index is 12.6. The van der Waals surface area contributed by atoms with Crippen LogP contribution in [0, 0.1) is 13.8 Å². The third-order valence-electron chi connectivity index (χ3n) is 4.42. The maximum Gasteiger partial charge on any atom is 0.354 e. The monoisotopic (exact) mass is 322 g/mol. The molecule has 2 rings (SSSR count). The van der Waals surface area contributed by atoms with Crippen molar-refractivity contribution in [3.05, 3.63) is 22.5 Å². The number of nitrogens with zero attached hydrogens (tertiary/aromatic N) is 1. The van der Waals surface area contributed by atoms with Gasteiger partial charge in [-0.1, -0.05) is 0 Å². The van der Waals surface area contributed by atoms with Crippen molar-refractivity contribution < 1.29 is 19.1 Å². The van der Waals surface area contributed by atoms with E-state index in [1.165, 1.54) is 7.11 Å². The molecule has 0 amide bonds.